The molecule has 3 rings (SSSR count). The lowest BCUT2D eigenvalue weighted by atomic mass is 10.1. The standard InChI is InChI=1S/C22H22F3N3O3S/c1-21(2)20(31)28(16-9-8-15(13-26)18(12-16)22(23,24)25)27-32(21)17-10-6-14(7-11-17)4-3-5-19(29)30/h6-12,27,32H,3-5H2,1-2H3,(H,29,30). The van der Waals surface area contributed by atoms with Crippen LogP contribution in [0.2, 0.25) is 0 Å². The van der Waals surface area contributed by atoms with Crippen molar-refractivity contribution in [1.29, 1.82) is 5.26 Å². The summed E-state index contributed by atoms with van der Waals surface area (Å²) in [6, 6.07) is 12.2. The summed E-state index contributed by atoms with van der Waals surface area (Å²) in [5.74, 6) is -1.22. The third kappa shape index (κ3) is 4.74. The Hall–Kier alpha value is -3.03. The van der Waals surface area contributed by atoms with E-state index in [-0.39, 0.29) is 18.0 Å². The average Bonchev–Trinajstić information content (AvgIpc) is 2.96. The minimum atomic E-state index is -4.72. The number of hydrogen-bond donors (Lipinski definition) is 3. The zero-order valence-electron chi connectivity index (χ0n) is 17.4. The van der Waals surface area contributed by atoms with Gasteiger partial charge in [0.25, 0.3) is 5.91 Å². The Morgan fingerprint density at radius 3 is 2.44 bits per heavy atom. The highest BCUT2D eigenvalue weighted by atomic mass is 32.2. The third-order valence-electron chi connectivity index (χ3n) is 5.22. The minimum Gasteiger partial charge on any atom is -0.481 e. The van der Waals surface area contributed by atoms with Crippen LogP contribution < -0.4 is 9.84 Å². The molecule has 1 aliphatic rings. The van der Waals surface area contributed by atoms with Crippen molar-refractivity contribution in [3.8, 4) is 6.07 Å². The second kappa shape index (κ2) is 8.84. The summed E-state index contributed by atoms with van der Waals surface area (Å²) >= 11 is -1.28. The van der Waals surface area contributed by atoms with Crippen LogP contribution in [-0.2, 0) is 22.2 Å². The fourth-order valence-electron chi connectivity index (χ4n) is 3.45. The average molecular weight is 465 g/mol. The van der Waals surface area contributed by atoms with E-state index in [4.69, 9.17) is 10.4 Å². The van der Waals surface area contributed by atoms with E-state index in [2.05, 4.69) is 4.83 Å². The molecule has 1 heterocycles. The van der Waals surface area contributed by atoms with E-state index in [0.29, 0.717) is 12.8 Å². The first-order chi connectivity index (χ1) is 14.9. The molecule has 6 nitrogen and oxygen atoms in total. The number of anilines is 1. The predicted molar refractivity (Wildman–Crippen MR) is 115 cm³/mol. The summed E-state index contributed by atoms with van der Waals surface area (Å²) in [4.78, 5) is 27.7. The molecule has 1 unspecified atom stereocenters. The highest BCUT2D eigenvalue weighted by Crippen LogP contribution is 2.51. The normalized spacial score (nSPS) is 19.1. The molecule has 0 aliphatic carbocycles. The van der Waals surface area contributed by atoms with Crippen molar-refractivity contribution in [3.63, 3.8) is 0 Å². The topological polar surface area (TPSA) is 93.4 Å². The first-order valence-electron chi connectivity index (χ1n) is 9.78. The van der Waals surface area contributed by atoms with Crippen LogP contribution in [0, 0.1) is 11.3 Å². The molecular formula is C22H22F3N3O3S. The molecule has 0 bridgehead atoms. The zero-order chi connectivity index (χ0) is 23.7. The minimum absolute atomic E-state index is 0.0182. The number of carbonyl (C=O) groups excluding carboxylic acids is 1. The number of halogens is 3. The third-order valence-corrected chi connectivity index (χ3v) is 7.75. The predicted octanol–water partition coefficient (Wildman–Crippen LogP) is 4.59. The summed E-state index contributed by atoms with van der Waals surface area (Å²) in [6.07, 6.45) is -3.52. The van der Waals surface area contributed by atoms with Gasteiger partial charge in [0.15, 0.2) is 0 Å². The Balaban J connectivity index is 1.86. The van der Waals surface area contributed by atoms with Crippen molar-refractivity contribution in [2.45, 2.75) is 48.9 Å². The van der Waals surface area contributed by atoms with Crippen LogP contribution in [0.4, 0.5) is 18.9 Å². The number of hydrazine groups is 1. The maximum absolute atomic E-state index is 13.4. The smallest absolute Gasteiger partial charge is 0.417 e. The quantitative estimate of drug-likeness (QED) is 0.543. The van der Waals surface area contributed by atoms with Gasteiger partial charge in [-0.2, -0.15) is 23.3 Å². The number of benzene rings is 2. The van der Waals surface area contributed by atoms with Crippen molar-refractivity contribution in [2.24, 2.45) is 0 Å². The van der Waals surface area contributed by atoms with Crippen molar-refractivity contribution in [3.05, 3.63) is 59.2 Å². The Morgan fingerprint density at radius 2 is 1.88 bits per heavy atom. The van der Waals surface area contributed by atoms with Crippen molar-refractivity contribution < 1.29 is 27.9 Å². The van der Waals surface area contributed by atoms with Gasteiger partial charge in [-0.25, -0.2) is 5.01 Å². The molecule has 1 fully saturated rings. The Kier molecular flexibility index (Phi) is 6.53. The SMILES string of the molecule is CC1(C)C(=O)N(c2ccc(C#N)c(C(F)(F)F)c2)N[SH]1c1ccc(CCCC(=O)O)cc1. The highest BCUT2D eigenvalue weighted by molar-refractivity contribution is 8.17. The number of nitrogens with zero attached hydrogens (tertiary/aromatic N) is 2. The number of amides is 1. The number of hydrogen-bond acceptors (Lipinski definition) is 4. The lowest BCUT2D eigenvalue weighted by Gasteiger charge is -2.27. The van der Waals surface area contributed by atoms with Crippen LogP contribution in [0.3, 0.4) is 0 Å². The number of thiol groups is 1. The number of aliphatic carboxylic acids is 1. The molecular weight excluding hydrogens is 443 g/mol. The fourth-order valence-corrected chi connectivity index (χ4v) is 5.61. The molecule has 2 aromatic rings. The Labute approximate surface area is 186 Å². The maximum Gasteiger partial charge on any atom is 0.417 e. The van der Waals surface area contributed by atoms with E-state index in [9.17, 15) is 22.8 Å². The molecule has 1 atom stereocenters. The molecule has 170 valence electrons. The fraction of sp³-hybridized carbons (Fsp3) is 0.318. The number of nitrogens with one attached hydrogen (secondary N) is 1. The molecule has 10 heteroatoms. The van der Waals surface area contributed by atoms with E-state index in [1.165, 1.54) is 12.1 Å². The van der Waals surface area contributed by atoms with Gasteiger partial charge in [0, 0.05) is 11.3 Å². The number of aryl methyl sites for hydroxylation is 1. The van der Waals surface area contributed by atoms with Gasteiger partial charge in [-0.1, -0.05) is 12.1 Å². The van der Waals surface area contributed by atoms with Gasteiger partial charge in [0.1, 0.15) is 0 Å². The number of rotatable bonds is 6. The van der Waals surface area contributed by atoms with Gasteiger partial charge in [-0.05, 0) is 62.6 Å². The number of nitriles is 1. The second-order valence-corrected chi connectivity index (χ2v) is 10.4. The molecule has 0 aromatic heterocycles. The van der Waals surface area contributed by atoms with Crippen LogP contribution in [0.5, 0.6) is 0 Å². The summed E-state index contributed by atoms with van der Waals surface area (Å²) < 4.78 is 39.2. The van der Waals surface area contributed by atoms with E-state index in [0.717, 1.165) is 27.6 Å². The molecule has 0 saturated carbocycles. The van der Waals surface area contributed by atoms with E-state index < -0.39 is 39.1 Å². The summed E-state index contributed by atoms with van der Waals surface area (Å²) in [7, 11) is 0. The van der Waals surface area contributed by atoms with Crippen molar-refractivity contribution >= 4 is 28.6 Å². The molecule has 1 amide bonds. The molecule has 2 aromatic carbocycles. The summed E-state index contributed by atoms with van der Waals surface area (Å²) in [5, 5.41) is 18.9. The van der Waals surface area contributed by atoms with Crippen LogP contribution >= 0.6 is 11.1 Å². The Bertz CT molecular complexity index is 1080. The van der Waals surface area contributed by atoms with E-state index >= 15 is 0 Å². The number of alkyl halides is 3. The van der Waals surface area contributed by atoms with Crippen LogP contribution in [-0.4, -0.2) is 21.7 Å². The summed E-state index contributed by atoms with van der Waals surface area (Å²) in [6.45, 7) is 3.48. The van der Waals surface area contributed by atoms with Crippen LogP contribution in [0.1, 0.15) is 43.4 Å². The molecule has 0 spiro atoms. The molecule has 32 heavy (non-hydrogen) atoms. The van der Waals surface area contributed by atoms with Crippen LogP contribution in [0.25, 0.3) is 0 Å². The number of carboxylic acid groups (broad SMARTS) is 1. The lowest BCUT2D eigenvalue weighted by Crippen LogP contribution is -2.38. The molecule has 1 aliphatic heterocycles. The first-order valence-corrected chi connectivity index (χ1v) is 11.1. The first kappa shape index (κ1) is 23.6. The monoisotopic (exact) mass is 465 g/mol. The van der Waals surface area contributed by atoms with Gasteiger partial charge in [0.05, 0.1) is 27.6 Å². The maximum atomic E-state index is 13.4. The second-order valence-electron chi connectivity index (χ2n) is 7.89. The van der Waals surface area contributed by atoms with Crippen LogP contribution in [0.15, 0.2) is 47.4 Å². The van der Waals surface area contributed by atoms with E-state index in [1.54, 1.807) is 13.8 Å². The molecule has 0 radical (unpaired) electrons. The largest absolute Gasteiger partial charge is 0.481 e. The van der Waals surface area contributed by atoms with Gasteiger partial charge in [-0.3, -0.25) is 9.59 Å². The van der Waals surface area contributed by atoms with Gasteiger partial charge < -0.3 is 5.11 Å². The molecule has 2 N–H and O–H groups in total. The lowest BCUT2D eigenvalue weighted by molar-refractivity contribution is -0.138. The number of carbonyl (C=O) groups is 2. The van der Waals surface area contributed by atoms with Gasteiger partial charge >= 0.3 is 12.1 Å². The van der Waals surface area contributed by atoms with Gasteiger partial charge in [-0.15, -0.1) is 11.1 Å². The van der Waals surface area contributed by atoms with Crippen molar-refractivity contribution in [2.75, 3.05) is 5.01 Å². The highest BCUT2D eigenvalue weighted by Gasteiger charge is 2.47. The number of carboxylic acids is 1. The van der Waals surface area contributed by atoms with Gasteiger partial charge in [0.2, 0.25) is 0 Å². The van der Waals surface area contributed by atoms with Crippen molar-refractivity contribution in [1.82, 2.24) is 4.83 Å². The Morgan fingerprint density at radius 1 is 1.22 bits per heavy atom. The van der Waals surface area contributed by atoms with E-state index in [1.807, 2.05) is 24.3 Å². The molecule has 1 saturated heterocycles. The zero-order valence-corrected chi connectivity index (χ0v) is 18.3. The summed E-state index contributed by atoms with van der Waals surface area (Å²) in [5.41, 5.74) is -0.614.